The van der Waals surface area contributed by atoms with Crippen molar-refractivity contribution in [3.63, 3.8) is 0 Å². The van der Waals surface area contributed by atoms with E-state index in [0.717, 1.165) is 38.5 Å². The van der Waals surface area contributed by atoms with E-state index in [1.54, 1.807) is 0 Å². The molecule has 1 N–H and O–H groups in total. The second-order valence-electron chi connectivity index (χ2n) is 3.73. The first kappa shape index (κ1) is 14.7. The summed E-state index contributed by atoms with van der Waals surface area (Å²) in [6, 6.07) is 0. The predicted molar refractivity (Wildman–Crippen MR) is 67.2 cm³/mol. The Bertz CT molecular complexity index is 222. The minimum absolute atomic E-state index is 0.893. The van der Waals surface area contributed by atoms with E-state index in [2.05, 4.69) is 13.8 Å². The van der Waals surface area contributed by atoms with Crippen LogP contribution in [-0.4, -0.2) is 4.89 Å². The highest BCUT2D eigenvalue weighted by atomic mass is 31.2. The van der Waals surface area contributed by atoms with Crippen LogP contribution in [0.4, 0.5) is 0 Å². The van der Waals surface area contributed by atoms with Gasteiger partial charge in [-0.05, 0) is 12.8 Å². The summed E-state index contributed by atoms with van der Waals surface area (Å²) in [5.41, 5.74) is 0. The maximum absolute atomic E-state index is 11.5. The van der Waals surface area contributed by atoms with Crippen LogP contribution < -0.4 is 0 Å². The lowest BCUT2D eigenvalue weighted by molar-refractivity contribution is 0.499. The molecule has 0 aromatic rings. The molecule has 0 aromatic heterocycles. The SMILES string of the molecule is CCCCC=CP(=O)(O)C=CCCCC. The van der Waals surface area contributed by atoms with Crippen molar-refractivity contribution in [1.29, 1.82) is 0 Å². The van der Waals surface area contributed by atoms with E-state index in [1.807, 2.05) is 12.2 Å². The van der Waals surface area contributed by atoms with Crippen molar-refractivity contribution < 1.29 is 9.46 Å². The van der Waals surface area contributed by atoms with Crippen molar-refractivity contribution in [3.8, 4) is 0 Å². The first-order valence-electron chi connectivity index (χ1n) is 5.80. The maximum Gasteiger partial charge on any atom is 0.244 e. The summed E-state index contributed by atoms with van der Waals surface area (Å²) < 4.78 is 11.5. The molecule has 15 heavy (non-hydrogen) atoms. The third kappa shape index (κ3) is 9.96. The molecule has 0 atom stereocenters. The molecule has 0 rings (SSSR count). The summed E-state index contributed by atoms with van der Waals surface area (Å²) in [7, 11) is -3.13. The molecule has 0 unspecified atom stereocenters. The fourth-order valence-electron chi connectivity index (χ4n) is 1.14. The van der Waals surface area contributed by atoms with Gasteiger partial charge >= 0.3 is 0 Å². The molecule has 0 aliphatic carbocycles. The Morgan fingerprint density at radius 1 is 1.00 bits per heavy atom. The number of rotatable bonds is 8. The first-order chi connectivity index (χ1) is 7.12. The molecule has 0 saturated carbocycles. The highest BCUT2D eigenvalue weighted by Gasteiger charge is 2.06. The average molecular weight is 230 g/mol. The van der Waals surface area contributed by atoms with Gasteiger partial charge in [0.1, 0.15) is 0 Å². The van der Waals surface area contributed by atoms with Gasteiger partial charge in [0.25, 0.3) is 0 Å². The van der Waals surface area contributed by atoms with Crippen LogP contribution >= 0.6 is 7.37 Å². The van der Waals surface area contributed by atoms with Gasteiger partial charge in [-0.15, -0.1) is 0 Å². The Balaban J connectivity index is 3.90. The summed E-state index contributed by atoms with van der Waals surface area (Å²) in [4.78, 5) is 9.50. The maximum atomic E-state index is 11.5. The lowest BCUT2D eigenvalue weighted by atomic mass is 10.2. The summed E-state index contributed by atoms with van der Waals surface area (Å²) in [5, 5.41) is 0. The molecule has 0 spiro atoms. The van der Waals surface area contributed by atoms with E-state index < -0.39 is 7.37 Å². The monoisotopic (exact) mass is 230 g/mol. The highest BCUT2D eigenvalue weighted by molar-refractivity contribution is 7.64. The van der Waals surface area contributed by atoms with Gasteiger partial charge in [-0.2, -0.15) is 0 Å². The van der Waals surface area contributed by atoms with Crippen LogP contribution in [0.3, 0.4) is 0 Å². The quantitative estimate of drug-likeness (QED) is 0.486. The molecule has 0 bridgehead atoms. The fraction of sp³-hybridized carbons (Fsp3) is 0.667. The van der Waals surface area contributed by atoms with Crippen molar-refractivity contribution in [1.82, 2.24) is 0 Å². The van der Waals surface area contributed by atoms with Crippen molar-refractivity contribution in [2.45, 2.75) is 52.4 Å². The third-order valence-corrected chi connectivity index (χ3v) is 3.36. The van der Waals surface area contributed by atoms with Gasteiger partial charge in [0.05, 0.1) is 0 Å². The van der Waals surface area contributed by atoms with Crippen LogP contribution in [0.2, 0.25) is 0 Å². The Kier molecular flexibility index (Phi) is 8.74. The number of unbranched alkanes of at least 4 members (excludes halogenated alkanes) is 4. The Labute approximate surface area is 93.5 Å². The molecule has 0 aliphatic rings. The van der Waals surface area contributed by atoms with Gasteiger partial charge in [-0.25, -0.2) is 0 Å². The number of hydrogen-bond donors (Lipinski definition) is 1. The van der Waals surface area contributed by atoms with Crippen LogP contribution in [-0.2, 0) is 4.57 Å². The number of hydrogen-bond acceptors (Lipinski definition) is 1. The van der Waals surface area contributed by atoms with Gasteiger partial charge in [0.15, 0.2) is 0 Å². The van der Waals surface area contributed by atoms with Crippen LogP contribution in [0, 0.1) is 0 Å². The Morgan fingerprint density at radius 2 is 1.40 bits per heavy atom. The zero-order valence-electron chi connectivity index (χ0n) is 9.85. The minimum Gasteiger partial charge on any atom is -0.339 e. The van der Waals surface area contributed by atoms with Gasteiger partial charge in [0, 0.05) is 11.6 Å². The molecule has 0 aromatic carbocycles. The smallest absolute Gasteiger partial charge is 0.244 e. The molecule has 88 valence electrons. The standard InChI is InChI=1S/C12H23O2P/c1-3-5-7-9-11-15(13,14)12-10-8-6-4-2/h9-12H,3-8H2,1-2H3,(H,13,14). The average Bonchev–Trinajstić information content (AvgIpc) is 2.20. The van der Waals surface area contributed by atoms with Crippen LogP contribution in [0.1, 0.15) is 52.4 Å². The van der Waals surface area contributed by atoms with E-state index in [0.29, 0.717) is 0 Å². The summed E-state index contributed by atoms with van der Waals surface area (Å²) in [6.45, 7) is 4.22. The third-order valence-electron chi connectivity index (χ3n) is 2.09. The van der Waals surface area contributed by atoms with E-state index >= 15 is 0 Å². The molecule has 0 saturated heterocycles. The molecule has 0 fully saturated rings. The molecule has 0 amide bonds. The highest BCUT2D eigenvalue weighted by Crippen LogP contribution is 2.44. The molecule has 0 aliphatic heterocycles. The molecule has 3 heteroatoms. The second kappa shape index (κ2) is 8.94. The van der Waals surface area contributed by atoms with Gasteiger partial charge in [-0.3, -0.25) is 4.57 Å². The van der Waals surface area contributed by atoms with Crippen molar-refractivity contribution in [2.75, 3.05) is 0 Å². The predicted octanol–water partition coefficient (Wildman–Crippen LogP) is 4.66. The van der Waals surface area contributed by atoms with E-state index in [1.165, 1.54) is 11.6 Å². The second-order valence-corrected chi connectivity index (χ2v) is 5.67. The van der Waals surface area contributed by atoms with Gasteiger partial charge in [-0.1, -0.05) is 51.7 Å². The van der Waals surface area contributed by atoms with E-state index in [9.17, 15) is 9.46 Å². The Morgan fingerprint density at radius 3 is 1.73 bits per heavy atom. The molecular formula is C12H23O2P. The van der Waals surface area contributed by atoms with Crippen molar-refractivity contribution in [2.24, 2.45) is 0 Å². The lowest BCUT2D eigenvalue weighted by Gasteiger charge is -1.99. The van der Waals surface area contributed by atoms with E-state index in [4.69, 9.17) is 0 Å². The van der Waals surface area contributed by atoms with Crippen LogP contribution in [0.25, 0.3) is 0 Å². The zero-order chi connectivity index (χ0) is 11.6. The topological polar surface area (TPSA) is 37.3 Å². The molecule has 0 radical (unpaired) electrons. The molecular weight excluding hydrogens is 207 g/mol. The minimum atomic E-state index is -3.13. The van der Waals surface area contributed by atoms with Gasteiger partial charge < -0.3 is 4.89 Å². The van der Waals surface area contributed by atoms with Crippen molar-refractivity contribution in [3.05, 3.63) is 23.8 Å². The normalized spacial score (nSPS) is 16.2. The summed E-state index contributed by atoms with van der Waals surface area (Å²) in [5.74, 6) is 2.90. The summed E-state index contributed by atoms with van der Waals surface area (Å²) >= 11 is 0. The van der Waals surface area contributed by atoms with E-state index in [-0.39, 0.29) is 0 Å². The molecule has 2 nitrogen and oxygen atoms in total. The Hall–Kier alpha value is -0.330. The zero-order valence-corrected chi connectivity index (χ0v) is 10.7. The number of allylic oxidation sites excluding steroid dienone is 2. The lowest BCUT2D eigenvalue weighted by Crippen LogP contribution is -1.72. The van der Waals surface area contributed by atoms with Crippen molar-refractivity contribution >= 4 is 7.37 Å². The van der Waals surface area contributed by atoms with Crippen LogP contribution in [0.5, 0.6) is 0 Å². The largest absolute Gasteiger partial charge is 0.339 e. The summed E-state index contributed by atoms with van der Waals surface area (Å²) in [6.07, 6.45) is 9.81. The molecule has 0 heterocycles. The fourth-order valence-corrected chi connectivity index (χ4v) is 2.15. The first-order valence-corrected chi connectivity index (χ1v) is 7.59. The van der Waals surface area contributed by atoms with Crippen LogP contribution in [0.15, 0.2) is 23.8 Å². The van der Waals surface area contributed by atoms with Gasteiger partial charge in [0.2, 0.25) is 7.37 Å².